The van der Waals surface area contributed by atoms with E-state index in [-0.39, 0.29) is 12.4 Å². The molecule has 0 aliphatic carbocycles. The molecule has 1 aromatic rings. The second-order valence-electron chi connectivity index (χ2n) is 5.02. The number of carbonyl (C=O) groups excluding carboxylic acids is 1. The fourth-order valence-corrected chi connectivity index (χ4v) is 1.96. The summed E-state index contributed by atoms with van der Waals surface area (Å²) in [7, 11) is 0. The van der Waals surface area contributed by atoms with Crippen LogP contribution >= 0.6 is 12.4 Å². The number of halogens is 1. The molecule has 0 unspecified atom stereocenters. The van der Waals surface area contributed by atoms with Crippen molar-refractivity contribution in [3.8, 4) is 5.75 Å². The van der Waals surface area contributed by atoms with E-state index in [0.29, 0.717) is 18.9 Å². The molecule has 0 aliphatic heterocycles. The van der Waals surface area contributed by atoms with Crippen LogP contribution in [0.15, 0.2) is 24.3 Å². The molecule has 0 fully saturated rings. The highest BCUT2D eigenvalue weighted by atomic mass is 35.5. The lowest BCUT2D eigenvalue weighted by Gasteiger charge is -2.17. The first-order valence-electron chi connectivity index (χ1n) is 8.08. The quantitative estimate of drug-likeness (QED) is 0.647. The van der Waals surface area contributed by atoms with Gasteiger partial charge in [0.05, 0.1) is 6.61 Å². The number of anilines is 1. The molecule has 5 nitrogen and oxygen atoms in total. The van der Waals surface area contributed by atoms with Gasteiger partial charge in [0.25, 0.3) is 0 Å². The zero-order valence-corrected chi connectivity index (χ0v) is 15.2. The monoisotopic (exact) mass is 344 g/mol. The van der Waals surface area contributed by atoms with Crippen LogP contribution in [-0.2, 0) is 4.74 Å². The molecule has 1 N–H and O–H groups in total. The van der Waals surface area contributed by atoms with E-state index in [1.807, 2.05) is 18.2 Å². The second-order valence-corrected chi connectivity index (χ2v) is 5.02. The van der Waals surface area contributed by atoms with Gasteiger partial charge in [-0.1, -0.05) is 33.3 Å². The Hall–Kier alpha value is -1.46. The highest BCUT2D eigenvalue weighted by Crippen LogP contribution is 2.17. The Morgan fingerprint density at radius 1 is 1.17 bits per heavy atom. The Balaban J connectivity index is 0.00000484. The van der Waals surface area contributed by atoms with E-state index in [1.165, 1.54) is 0 Å². The minimum Gasteiger partial charge on any atom is -0.494 e. The summed E-state index contributed by atoms with van der Waals surface area (Å²) in [6.45, 7) is 10.0. The summed E-state index contributed by atoms with van der Waals surface area (Å²) in [4.78, 5) is 14.0. The molecule has 1 rings (SSSR count). The zero-order valence-electron chi connectivity index (χ0n) is 14.3. The van der Waals surface area contributed by atoms with Crippen LogP contribution < -0.4 is 10.1 Å². The molecule has 0 heterocycles. The molecule has 0 saturated heterocycles. The lowest BCUT2D eigenvalue weighted by molar-refractivity contribution is 0.142. The predicted octanol–water partition coefficient (Wildman–Crippen LogP) is 4.18. The van der Waals surface area contributed by atoms with Crippen molar-refractivity contribution in [1.29, 1.82) is 0 Å². The van der Waals surface area contributed by atoms with Crippen molar-refractivity contribution in [2.24, 2.45) is 0 Å². The third kappa shape index (κ3) is 9.31. The van der Waals surface area contributed by atoms with Gasteiger partial charge in [-0.15, -0.1) is 12.4 Å². The van der Waals surface area contributed by atoms with Crippen LogP contribution in [0, 0.1) is 0 Å². The molecule has 0 saturated carbocycles. The van der Waals surface area contributed by atoms with Crippen LogP contribution in [0.2, 0.25) is 0 Å². The van der Waals surface area contributed by atoms with Crippen LogP contribution in [0.4, 0.5) is 10.5 Å². The number of amides is 1. The van der Waals surface area contributed by atoms with Crippen molar-refractivity contribution in [2.45, 2.75) is 33.6 Å². The summed E-state index contributed by atoms with van der Waals surface area (Å²) in [5, 5.41) is 2.72. The maximum Gasteiger partial charge on any atom is 0.411 e. The van der Waals surface area contributed by atoms with E-state index >= 15 is 0 Å². The summed E-state index contributed by atoms with van der Waals surface area (Å²) >= 11 is 0. The van der Waals surface area contributed by atoms with Gasteiger partial charge in [-0.05, 0) is 31.6 Å². The molecule has 23 heavy (non-hydrogen) atoms. The normalized spacial score (nSPS) is 10.1. The van der Waals surface area contributed by atoms with Crippen LogP contribution in [0.1, 0.15) is 33.6 Å². The number of ether oxygens (including phenoxy) is 2. The van der Waals surface area contributed by atoms with Gasteiger partial charge >= 0.3 is 6.09 Å². The Labute approximate surface area is 145 Å². The first-order valence-corrected chi connectivity index (χ1v) is 8.08. The topological polar surface area (TPSA) is 50.8 Å². The lowest BCUT2D eigenvalue weighted by atomic mass is 10.3. The van der Waals surface area contributed by atoms with Crippen molar-refractivity contribution >= 4 is 24.2 Å². The largest absolute Gasteiger partial charge is 0.494 e. The molecule has 132 valence electrons. The molecule has 0 aliphatic rings. The third-order valence-electron chi connectivity index (χ3n) is 3.38. The second kappa shape index (κ2) is 13.0. The number of likely N-dealkylation sites (N-methyl/N-ethyl adjacent to an activating group) is 1. The Bertz CT molecular complexity index is 440. The number of benzene rings is 1. The van der Waals surface area contributed by atoms with E-state index in [0.717, 1.165) is 38.2 Å². The smallest absolute Gasteiger partial charge is 0.411 e. The van der Waals surface area contributed by atoms with Gasteiger partial charge in [0.2, 0.25) is 0 Å². The number of rotatable bonds is 10. The predicted molar refractivity (Wildman–Crippen MR) is 96.9 cm³/mol. The summed E-state index contributed by atoms with van der Waals surface area (Å²) in [5.74, 6) is 0.759. The molecule has 0 spiro atoms. The van der Waals surface area contributed by atoms with Crippen LogP contribution in [0.25, 0.3) is 0 Å². The summed E-state index contributed by atoms with van der Waals surface area (Å²) in [5.41, 5.74) is 0.682. The lowest BCUT2D eigenvalue weighted by Crippen LogP contribution is -2.28. The number of hydrogen-bond acceptors (Lipinski definition) is 4. The van der Waals surface area contributed by atoms with Crippen LogP contribution in [0.5, 0.6) is 5.75 Å². The molecular weight excluding hydrogens is 316 g/mol. The SMILES string of the molecule is CCCCOc1cccc(NC(=O)OCCN(CC)CC)c1.Cl. The summed E-state index contributed by atoms with van der Waals surface area (Å²) in [6, 6.07) is 7.36. The molecule has 0 atom stereocenters. The molecule has 0 radical (unpaired) electrons. The molecular formula is C17H29ClN2O3. The molecule has 6 heteroatoms. The van der Waals surface area contributed by atoms with Crippen molar-refractivity contribution < 1.29 is 14.3 Å². The van der Waals surface area contributed by atoms with Gasteiger partial charge in [0.1, 0.15) is 12.4 Å². The molecule has 1 aromatic carbocycles. The molecule has 1 amide bonds. The van der Waals surface area contributed by atoms with Crippen molar-refractivity contribution in [2.75, 3.05) is 38.2 Å². The number of nitrogens with one attached hydrogen (secondary N) is 1. The highest BCUT2D eigenvalue weighted by molar-refractivity contribution is 5.85. The first kappa shape index (κ1) is 21.5. The fourth-order valence-electron chi connectivity index (χ4n) is 1.96. The maximum atomic E-state index is 11.7. The van der Waals surface area contributed by atoms with E-state index in [1.54, 1.807) is 6.07 Å². The van der Waals surface area contributed by atoms with E-state index < -0.39 is 6.09 Å². The van der Waals surface area contributed by atoms with Gasteiger partial charge in [-0.25, -0.2) is 4.79 Å². The standard InChI is InChI=1S/C17H28N2O3.ClH/c1-4-7-12-21-16-10-8-9-15(14-16)18-17(20)22-13-11-19(5-2)6-3;/h8-10,14H,4-7,11-13H2,1-3H3,(H,18,20);1H. The number of nitrogens with zero attached hydrogens (tertiary/aromatic N) is 1. The van der Waals surface area contributed by atoms with Crippen LogP contribution in [0.3, 0.4) is 0 Å². The Morgan fingerprint density at radius 3 is 2.57 bits per heavy atom. The van der Waals surface area contributed by atoms with Gasteiger partial charge in [0, 0.05) is 18.3 Å². The third-order valence-corrected chi connectivity index (χ3v) is 3.38. The Morgan fingerprint density at radius 2 is 1.91 bits per heavy atom. The van der Waals surface area contributed by atoms with Gasteiger partial charge in [0.15, 0.2) is 0 Å². The van der Waals surface area contributed by atoms with Crippen molar-refractivity contribution in [1.82, 2.24) is 4.90 Å². The minimum atomic E-state index is -0.433. The van der Waals surface area contributed by atoms with E-state index in [4.69, 9.17) is 9.47 Å². The van der Waals surface area contributed by atoms with Crippen LogP contribution in [-0.4, -0.2) is 43.8 Å². The van der Waals surface area contributed by atoms with Crippen molar-refractivity contribution in [3.05, 3.63) is 24.3 Å². The highest BCUT2D eigenvalue weighted by Gasteiger charge is 2.05. The van der Waals surface area contributed by atoms with Gasteiger partial charge in [-0.2, -0.15) is 0 Å². The zero-order chi connectivity index (χ0) is 16.2. The summed E-state index contributed by atoms with van der Waals surface area (Å²) in [6.07, 6.45) is 1.68. The molecule has 0 bridgehead atoms. The first-order chi connectivity index (χ1) is 10.7. The van der Waals surface area contributed by atoms with Gasteiger partial charge < -0.3 is 14.4 Å². The average Bonchev–Trinajstić information content (AvgIpc) is 2.52. The Kier molecular flexibility index (Phi) is 12.2. The van der Waals surface area contributed by atoms with E-state index in [2.05, 4.69) is 31.0 Å². The number of hydrogen-bond donors (Lipinski definition) is 1. The van der Waals surface area contributed by atoms with E-state index in [9.17, 15) is 4.79 Å². The van der Waals surface area contributed by atoms with Crippen molar-refractivity contribution in [3.63, 3.8) is 0 Å². The number of carbonyl (C=O) groups is 1. The molecule has 0 aromatic heterocycles. The number of unbranched alkanes of at least 4 members (excludes halogenated alkanes) is 1. The summed E-state index contributed by atoms with van der Waals surface area (Å²) < 4.78 is 10.8. The van der Waals surface area contributed by atoms with Gasteiger partial charge in [-0.3, -0.25) is 5.32 Å². The minimum absolute atomic E-state index is 0. The maximum absolute atomic E-state index is 11.7. The fraction of sp³-hybridized carbons (Fsp3) is 0.588. The average molecular weight is 345 g/mol.